The van der Waals surface area contributed by atoms with Crippen LogP contribution >= 0.6 is 11.3 Å². The van der Waals surface area contributed by atoms with E-state index in [0.29, 0.717) is 5.92 Å². The molecule has 0 unspecified atom stereocenters. The maximum absolute atomic E-state index is 4.22. The summed E-state index contributed by atoms with van der Waals surface area (Å²) in [6.45, 7) is 6.55. The molecule has 0 aliphatic rings. The van der Waals surface area contributed by atoms with Crippen LogP contribution in [-0.2, 0) is 19.5 Å². The number of benzene rings is 1. The average molecular weight is 293 g/mol. The molecule has 0 saturated carbocycles. The standard InChI is InChI=1S/C11H12NS.Rh/c1-7(2)9-4-8(3)11-10(5-9)12-6-13-11;/h4-5,7H,1-3H3;/q-1;. The summed E-state index contributed by atoms with van der Waals surface area (Å²) in [6.07, 6.45) is 0. The Bertz CT molecular complexity index is 434. The van der Waals surface area contributed by atoms with E-state index in [4.69, 9.17) is 0 Å². The Morgan fingerprint density at radius 1 is 1.36 bits per heavy atom. The van der Waals surface area contributed by atoms with Crippen LogP contribution in [-0.4, -0.2) is 4.98 Å². The summed E-state index contributed by atoms with van der Waals surface area (Å²) < 4.78 is 1.27. The summed E-state index contributed by atoms with van der Waals surface area (Å²) in [7, 11) is 0. The second kappa shape index (κ2) is 4.50. The minimum Gasteiger partial charge on any atom is -0.386 e. The third-order valence-corrected chi connectivity index (χ3v) is 3.18. The molecule has 0 fully saturated rings. The molecule has 77 valence electrons. The van der Waals surface area contributed by atoms with E-state index in [2.05, 4.69) is 43.4 Å². The Morgan fingerprint density at radius 3 is 2.71 bits per heavy atom. The number of rotatable bonds is 1. The summed E-state index contributed by atoms with van der Waals surface area (Å²) >= 11 is 1.60. The van der Waals surface area contributed by atoms with Gasteiger partial charge in [-0.15, -0.1) is 0 Å². The SMILES string of the molecule is Cc1cc(C(C)C)cc2n[c-]sc12.[Rh]. The molecule has 0 atom stereocenters. The molecule has 0 aliphatic carbocycles. The number of fused-ring (bicyclic) bond motifs is 1. The smallest absolute Gasteiger partial charge is 0 e. The Morgan fingerprint density at radius 2 is 2.07 bits per heavy atom. The number of aryl methyl sites for hydroxylation is 1. The van der Waals surface area contributed by atoms with Crippen LogP contribution in [0.5, 0.6) is 0 Å². The van der Waals surface area contributed by atoms with Crippen molar-refractivity contribution in [2.24, 2.45) is 0 Å². The van der Waals surface area contributed by atoms with E-state index in [1.807, 2.05) is 0 Å². The molecule has 1 aromatic heterocycles. The fourth-order valence-corrected chi connectivity index (χ4v) is 2.11. The third kappa shape index (κ3) is 2.04. The van der Waals surface area contributed by atoms with E-state index in [1.54, 1.807) is 11.3 Å². The van der Waals surface area contributed by atoms with E-state index in [0.717, 1.165) is 5.52 Å². The van der Waals surface area contributed by atoms with Crippen molar-refractivity contribution in [1.29, 1.82) is 0 Å². The molecular formula is C11H12NRhS-. The topological polar surface area (TPSA) is 12.9 Å². The minimum atomic E-state index is 0. The molecule has 0 spiro atoms. The number of hydrogen-bond donors (Lipinski definition) is 0. The molecule has 0 N–H and O–H groups in total. The Balaban J connectivity index is 0.000000980. The summed E-state index contributed by atoms with van der Waals surface area (Å²) in [5.41, 5.74) is 6.71. The zero-order chi connectivity index (χ0) is 9.42. The van der Waals surface area contributed by atoms with Gasteiger partial charge in [-0.2, -0.15) is 0 Å². The molecule has 1 radical (unpaired) electrons. The van der Waals surface area contributed by atoms with Crippen molar-refractivity contribution in [2.75, 3.05) is 0 Å². The van der Waals surface area contributed by atoms with Crippen molar-refractivity contribution in [3.05, 3.63) is 28.8 Å². The summed E-state index contributed by atoms with van der Waals surface area (Å²) in [6, 6.07) is 4.42. The van der Waals surface area contributed by atoms with Gasteiger partial charge in [-0.3, -0.25) is 11.3 Å². The molecule has 2 aromatic rings. The Labute approximate surface area is 101 Å². The van der Waals surface area contributed by atoms with Crippen molar-refractivity contribution in [1.82, 2.24) is 4.98 Å². The Kier molecular flexibility index (Phi) is 3.80. The van der Waals surface area contributed by atoms with Crippen molar-refractivity contribution < 1.29 is 19.5 Å². The van der Waals surface area contributed by atoms with Gasteiger partial charge in [0.1, 0.15) is 0 Å². The first-order chi connectivity index (χ1) is 6.18. The van der Waals surface area contributed by atoms with Crippen molar-refractivity contribution in [2.45, 2.75) is 26.7 Å². The number of thiazole rings is 1. The molecule has 14 heavy (non-hydrogen) atoms. The van der Waals surface area contributed by atoms with Gasteiger partial charge in [0.25, 0.3) is 0 Å². The number of hydrogen-bond acceptors (Lipinski definition) is 2. The second-order valence-corrected chi connectivity index (χ2v) is 4.44. The normalized spacial score (nSPS) is 10.6. The van der Waals surface area contributed by atoms with Crippen molar-refractivity contribution >= 4 is 21.6 Å². The maximum Gasteiger partial charge on any atom is 0 e. The number of nitrogens with zero attached hydrogens (tertiary/aromatic N) is 1. The van der Waals surface area contributed by atoms with Crippen LogP contribution in [0.1, 0.15) is 30.9 Å². The largest absolute Gasteiger partial charge is 0.386 e. The van der Waals surface area contributed by atoms with Crippen LogP contribution in [0.4, 0.5) is 0 Å². The average Bonchev–Trinajstić information content (AvgIpc) is 2.51. The molecule has 3 heteroatoms. The first-order valence-corrected chi connectivity index (χ1v) is 5.27. The molecule has 0 saturated heterocycles. The predicted octanol–water partition coefficient (Wildman–Crippen LogP) is 3.53. The third-order valence-electron chi connectivity index (χ3n) is 2.26. The minimum absolute atomic E-state index is 0. The van der Waals surface area contributed by atoms with E-state index in [1.165, 1.54) is 15.8 Å². The van der Waals surface area contributed by atoms with Crippen LogP contribution < -0.4 is 0 Å². The predicted molar refractivity (Wildman–Crippen MR) is 57.3 cm³/mol. The van der Waals surface area contributed by atoms with Crippen LogP contribution in [0.3, 0.4) is 0 Å². The zero-order valence-corrected chi connectivity index (χ0v) is 10.9. The quantitative estimate of drug-likeness (QED) is 0.579. The van der Waals surface area contributed by atoms with Gasteiger partial charge in [0, 0.05) is 19.5 Å². The number of aromatic nitrogens is 1. The summed E-state index contributed by atoms with van der Waals surface area (Å²) in [5.74, 6) is 0.574. The molecular weight excluding hydrogens is 281 g/mol. The van der Waals surface area contributed by atoms with Gasteiger partial charge in [-0.1, -0.05) is 54.2 Å². The molecule has 1 heterocycles. The molecule has 0 aliphatic heterocycles. The molecule has 1 nitrogen and oxygen atoms in total. The molecule has 1 aromatic carbocycles. The van der Waals surface area contributed by atoms with E-state index >= 15 is 0 Å². The van der Waals surface area contributed by atoms with Crippen LogP contribution in [0.15, 0.2) is 12.1 Å². The van der Waals surface area contributed by atoms with Crippen molar-refractivity contribution in [3.8, 4) is 0 Å². The van der Waals surface area contributed by atoms with Gasteiger partial charge in [0.15, 0.2) is 0 Å². The first-order valence-electron chi connectivity index (χ1n) is 4.45. The zero-order valence-electron chi connectivity index (χ0n) is 8.42. The molecule has 2 rings (SSSR count). The van der Waals surface area contributed by atoms with Crippen molar-refractivity contribution in [3.63, 3.8) is 0 Å². The van der Waals surface area contributed by atoms with E-state index in [9.17, 15) is 0 Å². The first kappa shape index (κ1) is 11.8. The van der Waals surface area contributed by atoms with Gasteiger partial charge in [0.05, 0.1) is 0 Å². The van der Waals surface area contributed by atoms with Gasteiger partial charge in [0.2, 0.25) is 0 Å². The summed E-state index contributed by atoms with van der Waals surface area (Å²) in [5, 5.41) is 0. The summed E-state index contributed by atoms with van der Waals surface area (Å²) in [4.78, 5) is 4.22. The van der Waals surface area contributed by atoms with Gasteiger partial charge >= 0.3 is 0 Å². The van der Waals surface area contributed by atoms with E-state index in [-0.39, 0.29) is 19.5 Å². The monoisotopic (exact) mass is 293 g/mol. The van der Waals surface area contributed by atoms with Gasteiger partial charge < -0.3 is 4.98 Å². The second-order valence-electron chi connectivity index (χ2n) is 3.65. The van der Waals surface area contributed by atoms with Crippen LogP contribution in [0.25, 0.3) is 10.2 Å². The van der Waals surface area contributed by atoms with Crippen LogP contribution in [0, 0.1) is 12.4 Å². The fourth-order valence-electron chi connectivity index (χ4n) is 1.45. The maximum atomic E-state index is 4.22. The molecule has 0 bridgehead atoms. The van der Waals surface area contributed by atoms with Crippen LogP contribution in [0.2, 0.25) is 0 Å². The fraction of sp³-hybridized carbons (Fsp3) is 0.364. The molecule has 0 amide bonds. The Hall–Kier alpha value is -0.267. The van der Waals surface area contributed by atoms with E-state index < -0.39 is 0 Å². The van der Waals surface area contributed by atoms with Gasteiger partial charge in [-0.05, 0) is 11.4 Å². The van der Waals surface area contributed by atoms with Gasteiger partial charge in [-0.25, -0.2) is 0 Å².